The second kappa shape index (κ2) is 33.5. The molecule has 1 saturated heterocycles. The first-order valence-electron chi connectivity index (χ1n) is 25.3. The molecule has 0 bridgehead atoms. The number of carbonyl (C=O) groups is 3. The Hall–Kier alpha value is -2.70. The molecule has 1 fully saturated rings. The van der Waals surface area contributed by atoms with E-state index in [0.717, 1.165) is 48.2 Å². The first-order chi connectivity index (χ1) is 34.6. The summed E-state index contributed by atoms with van der Waals surface area (Å²) >= 11 is 1.07. The smallest absolute Gasteiger partial charge is 0.386 e. The molecule has 28 heteroatoms. The second-order valence-electron chi connectivity index (χ2n) is 18.8. The van der Waals surface area contributed by atoms with Crippen LogP contribution in [0.15, 0.2) is 24.8 Å². The van der Waals surface area contributed by atoms with E-state index in [-0.39, 0.29) is 41.6 Å². The number of nitrogen functional groups attached to an aromatic ring is 1. The second-order valence-corrected chi connectivity index (χ2v) is 24.1. The molecule has 3 rings (SSSR count). The maximum absolute atomic E-state index is 12.8. The molecule has 1 aliphatic heterocycles. The molecule has 7 atom stereocenters. The lowest BCUT2D eigenvalue weighted by molar-refractivity contribution is -0.137. The van der Waals surface area contributed by atoms with Crippen molar-refractivity contribution in [2.24, 2.45) is 5.41 Å². The third kappa shape index (κ3) is 25.8. The highest BCUT2D eigenvalue weighted by atomic mass is 32.2. The number of aliphatic hydroxyl groups is 2. The molecule has 3 heterocycles. The minimum Gasteiger partial charge on any atom is -0.386 e. The molecular formula is C45H80N7O17P3S. The Morgan fingerprint density at radius 1 is 0.863 bits per heavy atom. The van der Waals surface area contributed by atoms with Gasteiger partial charge in [0.15, 0.2) is 17.7 Å². The maximum atomic E-state index is 12.8. The molecule has 2 aromatic rings. The largest absolute Gasteiger partial charge is 0.481 e. The Morgan fingerprint density at radius 3 is 2.00 bits per heavy atom. The number of ether oxygens (including phenoxy) is 1. The van der Waals surface area contributed by atoms with Gasteiger partial charge in [-0.2, -0.15) is 4.31 Å². The van der Waals surface area contributed by atoms with Crippen LogP contribution in [0, 0.1) is 5.41 Å². The van der Waals surface area contributed by atoms with Gasteiger partial charge in [0, 0.05) is 30.7 Å². The standard InChI is InChI=1S/C45H80N7O17P3S/c1-4-5-6-7-8-9-10-11-12-13-14-15-16-17-18-19-20-21-22-23-24-25-36(54)73-29-28-47-35(53)26-27-48-43(57)40(56)45(2,3)31-66-72(63,64)69-71(61,62)65-30-34-39(68-70(58,59)60)38(55)44(67-34)52-33-51-37-41(46)49-32-50-42(37)52/h24-25,32-34,38-40,44,55-56H,4-23,26-31H2,1-3H3,(H,47,53)(H,48,57)(H,61,62)(H,63,64)(H2,46,49,50)(H2,58,59,60)/t34-,38-,39-,40+,44-/m1/s1/i36+2. The number of rotatable bonds is 40. The average molecular weight is 1120 g/mol. The van der Waals surface area contributed by atoms with E-state index in [4.69, 9.17) is 19.5 Å². The van der Waals surface area contributed by atoms with Gasteiger partial charge < -0.3 is 50.9 Å². The van der Waals surface area contributed by atoms with Crippen molar-refractivity contribution in [3.8, 4) is 0 Å². The van der Waals surface area contributed by atoms with Crippen molar-refractivity contribution in [1.82, 2.24) is 30.2 Å². The molecule has 73 heavy (non-hydrogen) atoms. The maximum Gasteiger partial charge on any atom is 0.481 e. The van der Waals surface area contributed by atoms with Crippen molar-refractivity contribution in [2.45, 2.75) is 186 Å². The minimum absolute atomic E-state index is 0.0330. The van der Waals surface area contributed by atoms with E-state index in [9.17, 15) is 57.9 Å². The van der Waals surface area contributed by atoms with Crippen LogP contribution in [0.4, 0.5) is 5.82 Å². The lowest BCUT2D eigenvalue weighted by atomic mass is 9.87. The summed E-state index contributed by atoms with van der Waals surface area (Å²) in [5, 5.41) is 26.5. The van der Waals surface area contributed by atoms with Gasteiger partial charge in [-0.25, -0.2) is 28.6 Å². The van der Waals surface area contributed by atoms with Gasteiger partial charge in [0.2, 0.25) is 16.9 Å². The van der Waals surface area contributed by atoms with Gasteiger partial charge in [0.05, 0.1) is 19.5 Å². The van der Waals surface area contributed by atoms with Gasteiger partial charge in [0.1, 0.15) is 36.3 Å². The zero-order valence-electron chi connectivity index (χ0n) is 42.4. The van der Waals surface area contributed by atoms with Crippen LogP contribution in [-0.4, -0.2) is 123 Å². The van der Waals surface area contributed by atoms with Crippen LogP contribution in [0.5, 0.6) is 0 Å². The number of allylic oxidation sites excluding steroid dienone is 1. The molecule has 2 unspecified atom stereocenters. The number of nitrogens with one attached hydrogen (secondary N) is 2. The normalized spacial score (nSPS) is 19.5. The molecule has 0 radical (unpaired) electrons. The Morgan fingerprint density at radius 2 is 1.42 bits per heavy atom. The quantitative estimate of drug-likeness (QED) is 0.0183. The Kier molecular flexibility index (Phi) is 29.6. The number of phosphoric ester groups is 3. The van der Waals surface area contributed by atoms with E-state index in [0.29, 0.717) is 5.75 Å². The highest BCUT2D eigenvalue weighted by Crippen LogP contribution is 2.61. The number of phosphoric acid groups is 3. The number of fused-ring (bicyclic) bond motifs is 1. The van der Waals surface area contributed by atoms with Crippen molar-refractivity contribution in [2.75, 3.05) is 37.8 Å². The summed E-state index contributed by atoms with van der Waals surface area (Å²) in [6, 6.07) is 0. The van der Waals surface area contributed by atoms with Gasteiger partial charge in [-0.1, -0.05) is 154 Å². The topological polar surface area (TPSA) is 364 Å². The van der Waals surface area contributed by atoms with Crippen LogP contribution in [0.2, 0.25) is 0 Å². The summed E-state index contributed by atoms with van der Waals surface area (Å²) < 4.78 is 62.5. The number of aromatic nitrogens is 4. The Balaban J connectivity index is 1.24. The van der Waals surface area contributed by atoms with Crippen LogP contribution in [0.25, 0.3) is 11.2 Å². The summed E-state index contributed by atoms with van der Waals surface area (Å²) in [7, 11) is -16.4. The summed E-state index contributed by atoms with van der Waals surface area (Å²) in [5.74, 6) is -1.09. The van der Waals surface area contributed by atoms with Crippen molar-refractivity contribution in [3.63, 3.8) is 0 Å². The summed E-state index contributed by atoms with van der Waals surface area (Å²) in [5.41, 5.74) is 4.29. The predicted octanol–water partition coefficient (Wildman–Crippen LogP) is 7.04. The van der Waals surface area contributed by atoms with Crippen molar-refractivity contribution in [1.29, 1.82) is 0 Å². The summed E-state index contributed by atoms with van der Waals surface area (Å²) in [6.07, 6.45) is 22.5. The number of anilines is 1. The Labute approximate surface area is 432 Å². The highest BCUT2D eigenvalue weighted by Gasteiger charge is 2.50. The van der Waals surface area contributed by atoms with E-state index in [2.05, 4.69) is 41.3 Å². The van der Waals surface area contributed by atoms with Gasteiger partial charge in [-0.05, 0) is 18.9 Å². The molecular weight excluding hydrogens is 1040 g/mol. The molecule has 0 saturated carbocycles. The van der Waals surface area contributed by atoms with Crippen molar-refractivity contribution < 1.29 is 80.5 Å². The zero-order chi connectivity index (χ0) is 53.9. The van der Waals surface area contributed by atoms with E-state index in [1.165, 1.54) is 123 Å². The van der Waals surface area contributed by atoms with Crippen LogP contribution in [0.3, 0.4) is 0 Å². The van der Waals surface area contributed by atoms with Crippen LogP contribution in [-0.2, 0) is 50.7 Å². The lowest BCUT2D eigenvalue weighted by Crippen LogP contribution is -2.46. The SMILES string of the molecule is CCCCCCCCCCCCCCCCCCCCCC=C[14C](=O)SCCNC(=O)CCNC(=O)[C@H](O)C(C)(C)COP(=O)(O)OP(=O)(O)OC[C@H]1O[C@@H](n2cnc3c(N)ncnc32)[C@H](O)[C@@H]1OP(=O)(O)O. The third-order valence-corrected chi connectivity index (χ3v) is 15.9. The van der Waals surface area contributed by atoms with Gasteiger partial charge in [0.25, 0.3) is 0 Å². The fraction of sp³-hybridized carbons (Fsp3) is 0.778. The third-order valence-electron chi connectivity index (χ3n) is 12.0. The van der Waals surface area contributed by atoms with E-state index < -0.39 is 84.6 Å². The lowest BCUT2D eigenvalue weighted by Gasteiger charge is -2.30. The first kappa shape index (κ1) is 64.6. The van der Waals surface area contributed by atoms with E-state index in [1.54, 1.807) is 6.08 Å². The monoisotopic (exact) mass is 1120 g/mol. The van der Waals surface area contributed by atoms with Crippen LogP contribution in [0.1, 0.15) is 162 Å². The predicted molar refractivity (Wildman–Crippen MR) is 274 cm³/mol. The van der Waals surface area contributed by atoms with Crippen LogP contribution >= 0.6 is 35.2 Å². The summed E-state index contributed by atoms with van der Waals surface area (Å²) in [6.45, 7) is 2.79. The molecule has 24 nitrogen and oxygen atoms in total. The number of aliphatic hydroxyl groups excluding tert-OH is 2. The number of amides is 2. The molecule has 0 aromatic carbocycles. The van der Waals surface area contributed by atoms with Gasteiger partial charge in [-0.3, -0.25) is 32.5 Å². The highest BCUT2D eigenvalue weighted by molar-refractivity contribution is 8.14. The van der Waals surface area contributed by atoms with E-state index >= 15 is 0 Å². The van der Waals surface area contributed by atoms with Crippen LogP contribution < -0.4 is 16.4 Å². The fourth-order valence-electron chi connectivity index (χ4n) is 7.85. The minimum atomic E-state index is -5.58. The number of thioether (sulfide) groups is 1. The average Bonchev–Trinajstić information content (AvgIpc) is 3.88. The molecule has 0 aliphatic carbocycles. The van der Waals surface area contributed by atoms with Crippen molar-refractivity contribution in [3.05, 3.63) is 24.8 Å². The van der Waals surface area contributed by atoms with Crippen molar-refractivity contribution >= 4 is 69.1 Å². The molecule has 10 N–H and O–H groups in total. The van der Waals surface area contributed by atoms with Gasteiger partial charge >= 0.3 is 23.5 Å². The molecule has 418 valence electrons. The number of hydrogen-bond acceptors (Lipinski definition) is 18. The number of nitrogens with two attached hydrogens (primary N) is 1. The Bertz CT molecular complexity index is 2150. The molecule has 2 amide bonds. The van der Waals surface area contributed by atoms with Gasteiger partial charge in [-0.15, -0.1) is 0 Å². The van der Waals surface area contributed by atoms with E-state index in [1.807, 2.05) is 6.08 Å². The number of imidazole rings is 1. The number of carbonyl (C=O) groups excluding carboxylic acids is 3. The first-order valence-corrected chi connectivity index (χ1v) is 30.8. The molecule has 0 spiro atoms. The number of unbranched alkanes of at least 4 members (excludes halogenated alkanes) is 19. The summed E-state index contributed by atoms with van der Waals surface area (Å²) in [4.78, 5) is 88.5. The molecule has 2 aromatic heterocycles. The molecule has 1 aliphatic rings. The zero-order valence-corrected chi connectivity index (χ0v) is 45.9. The number of hydrogen-bond donors (Lipinski definition) is 9. The number of nitrogens with zero attached hydrogens (tertiary/aromatic N) is 4. The fourth-order valence-corrected chi connectivity index (χ4v) is 11.3.